The summed E-state index contributed by atoms with van der Waals surface area (Å²) in [5.41, 5.74) is 4.19. The van der Waals surface area contributed by atoms with Gasteiger partial charge in [0.1, 0.15) is 0 Å². The lowest BCUT2D eigenvalue weighted by Gasteiger charge is -2.32. The van der Waals surface area contributed by atoms with E-state index >= 15 is 0 Å². The molecule has 2 amide bonds. The maximum atomic E-state index is 12.6. The van der Waals surface area contributed by atoms with Gasteiger partial charge in [0, 0.05) is 6.04 Å². The predicted molar refractivity (Wildman–Crippen MR) is 85.1 cm³/mol. The van der Waals surface area contributed by atoms with E-state index in [-0.39, 0.29) is 24.5 Å². The number of rotatable bonds is 2. The Balaban J connectivity index is 1.69. The van der Waals surface area contributed by atoms with Crippen LogP contribution in [-0.4, -0.2) is 27.9 Å². The highest BCUT2D eigenvalue weighted by molar-refractivity contribution is 6.21. The van der Waals surface area contributed by atoms with E-state index in [1.54, 1.807) is 24.3 Å². The zero-order chi connectivity index (χ0) is 16.0. The molecular formula is C19H17NO3. The van der Waals surface area contributed by atoms with Crippen LogP contribution in [0.2, 0.25) is 0 Å². The van der Waals surface area contributed by atoms with E-state index in [0.29, 0.717) is 17.5 Å². The molecule has 0 bridgehead atoms. The average molecular weight is 307 g/mol. The van der Waals surface area contributed by atoms with Crippen LogP contribution in [0.4, 0.5) is 0 Å². The van der Waals surface area contributed by atoms with Crippen LogP contribution in [0.15, 0.2) is 42.5 Å². The quantitative estimate of drug-likeness (QED) is 0.866. The molecule has 1 N–H and O–H groups in total. The standard InChI is InChI=1S/C19H17NO3/c21-11-13-5-3-4-12-8-9-14(10-17(12)13)20-18(22)15-6-1-2-7-16(15)19(20)23/h1-7,14,21H,8-11H2. The van der Waals surface area contributed by atoms with Gasteiger partial charge in [0.15, 0.2) is 0 Å². The zero-order valence-electron chi connectivity index (χ0n) is 12.7. The van der Waals surface area contributed by atoms with E-state index in [4.69, 9.17) is 0 Å². The van der Waals surface area contributed by atoms with E-state index in [1.165, 1.54) is 10.5 Å². The second-order valence-electron chi connectivity index (χ2n) is 6.14. The first kappa shape index (κ1) is 14.2. The van der Waals surface area contributed by atoms with Gasteiger partial charge in [-0.05, 0) is 48.1 Å². The third kappa shape index (κ3) is 2.10. The molecule has 0 saturated carbocycles. The number of benzene rings is 2. The molecule has 0 spiro atoms. The Morgan fingerprint density at radius 2 is 1.70 bits per heavy atom. The number of hydrogen-bond acceptors (Lipinski definition) is 3. The maximum Gasteiger partial charge on any atom is 0.261 e. The van der Waals surface area contributed by atoms with Crippen LogP contribution in [0.3, 0.4) is 0 Å². The van der Waals surface area contributed by atoms with Crippen molar-refractivity contribution in [2.75, 3.05) is 0 Å². The van der Waals surface area contributed by atoms with Crippen molar-refractivity contribution in [3.63, 3.8) is 0 Å². The number of aliphatic hydroxyl groups is 1. The van der Waals surface area contributed by atoms with Gasteiger partial charge in [-0.15, -0.1) is 0 Å². The fourth-order valence-corrected chi connectivity index (χ4v) is 3.75. The summed E-state index contributed by atoms with van der Waals surface area (Å²) in [6.07, 6.45) is 2.21. The van der Waals surface area contributed by atoms with Crippen LogP contribution in [-0.2, 0) is 19.4 Å². The van der Waals surface area contributed by atoms with Crippen molar-refractivity contribution in [3.8, 4) is 0 Å². The van der Waals surface area contributed by atoms with Crippen molar-refractivity contribution in [2.45, 2.75) is 31.9 Å². The van der Waals surface area contributed by atoms with E-state index in [0.717, 1.165) is 24.0 Å². The monoisotopic (exact) mass is 307 g/mol. The number of imide groups is 1. The number of aryl methyl sites for hydroxylation is 1. The van der Waals surface area contributed by atoms with Gasteiger partial charge in [-0.25, -0.2) is 0 Å². The summed E-state index contributed by atoms with van der Waals surface area (Å²) in [7, 11) is 0. The summed E-state index contributed by atoms with van der Waals surface area (Å²) in [4.78, 5) is 26.7. The van der Waals surface area contributed by atoms with Crippen LogP contribution < -0.4 is 0 Å². The number of hydrogen-bond donors (Lipinski definition) is 1. The molecule has 1 heterocycles. The summed E-state index contributed by atoms with van der Waals surface area (Å²) < 4.78 is 0. The predicted octanol–water partition coefficient (Wildman–Crippen LogP) is 2.33. The summed E-state index contributed by atoms with van der Waals surface area (Å²) in [6, 6.07) is 12.8. The molecular weight excluding hydrogens is 290 g/mol. The molecule has 1 unspecified atom stereocenters. The fourth-order valence-electron chi connectivity index (χ4n) is 3.75. The smallest absolute Gasteiger partial charge is 0.261 e. The lowest BCUT2D eigenvalue weighted by atomic mass is 9.85. The van der Waals surface area contributed by atoms with E-state index < -0.39 is 0 Å². The number of nitrogens with zero attached hydrogens (tertiary/aromatic N) is 1. The van der Waals surface area contributed by atoms with Gasteiger partial charge in [0.2, 0.25) is 0 Å². The van der Waals surface area contributed by atoms with E-state index in [1.807, 2.05) is 12.1 Å². The maximum absolute atomic E-state index is 12.6. The Kier molecular flexibility index (Phi) is 3.27. The first-order valence-electron chi connectivity index (χ1n) is 7.88. The lowest BCUT2D eigenvalue weighted by Crippen LogP contribution is -2.43. The van der Waals surface area contributed by atoms with Crippen LogP contribution >= 0.6 is 0 Å². The van der Waals surface area contributed by atoms with Gasteiger partial charge in [-0.1, -0.05) is 30.3 Å². The molecule has 4 heteroatoms. The first-order valence-corrected chi connectivity index (χ1v) is 7.88. The van der Waals surface area contributed by atoms with Crippen molar-refractivity contribution in [1.29, 1.82) is 0 Å². The average Bonchev–Trinajstić information content (AvgIpc) is 2.85. The van der Waals surface area contributed by atoms with Crippen molar-refractivity contribution < 1.29 is 14.7 Å². The van der Waals surface area contributed by atoms with Crippen molar-refractivity contribution >= 4 is 11.8 Å². The Morgan fingerprint density at radius 1 is 1.00 bits per heavy atom. The SMILES string of the molecule is O=C1c2ccccc2C(=O)N1C1CCc2cccc(CO)c2C1. The number of aliphatic hydroxyl groups excluding tert-OH is 1. The van der Waals surface area contributed by atoms with Gasteiger partial charge in [-0.2, -0.15) is 0 Å². The van der Waals surface area contributed by atoms with Crippen LogP contribution in [0.5, 0.6) is 0 Å². The minimum absolute atomic E-state index is 0.0159. The van der Waals surface area contributed by atoms with Crippen LogP contribution in [0, 0.1) is 0 Å². The molecule has 2 aromatic rings. The molecule has 2 aromatic carbocycles. The molecule has 2 aliphatic rings. The Labute approximate surface area is 134 Å². The fraction of sp³-hybridized carbons (Fsp3) is 0.263. The topological polar surface area (TPSA) is 57.6 Å². The summed E-state index contributed by atoms with van der Waals surface area (Å²) in [5, 5.41) is 9.54. The molecule has 0 aromatic heterocycles. The number of carbonyl (C=O) groups is 2. The molecule has 4 rings (SSSR count). The third-order valence-corrected chi connectivity index (χ3v) is 4.92. The van der Waals surface area contributed by atoms with Crippen LogP contribution in [0.1, 0.15) is 43.8 Å². The zero-order valence-corrected chi connectivity index (χ0v) is 12.7. The van der Waals surface area contributed by atoms with Gasteiger partial charge in [0.05, 0.1) is 17.7 Å². The van der Waals surface area contributed by atoms with Gasteiger partial charge < -0.3 is 5.11 Å². The first-order chi connectivity index (χ1) is 11.2. The molecule has 116 valence electrons. The second-order valence-corrected chi connectivity index (χ2v) is 6.14. The van der Waals surface area contributed by atoms with E-state index in [9.17, 15) is 14.7 Å². The second kappa shape index (κ2) is 5.32. The highest BCUT2D eigenvalue weighted by Gasteiger charge is 2.40. The molecule has 0 saturated heterocycles. The number of amides is 2. The Bertz CT molecular complexity index is 763. The molecule has 0 fully saturated rings. The van der Waals surface area contributed by atoms with Gasteiger partial charge >= 0.3 is 0 Å². The van der Waals surface area contributed by atoms with Crippen LogP contribution in [0.25, 0.3) is 0 Å². The molecule has 23 heavy (non-hydrogen) atoms. The highest BCUT2D eigenvalue weighted by Crippen LogP contribution is 2.32. The summed E-state index contributed by atoms with van der Waals surface area (Å²) in [5.74, 6) is -0.388. The number of fused-ring (bicyclic) bond motifs is 2. The normalized spacial score (nSPS) is 19.7. The molecule has 1 atom stereocenters. The van der Waals surface area contributed by atoms with E-state index in [2.05, 4.69) is 6.07 Å². The molecule has 1 aliphatic carbocycles. The highest BCUT2D eigenvalue weighted by atomic mass is 16.3. The molecule has 4 nitrogen and oxygen atoms in total. The van der Waals surface area contributed by atoms with Crippen molar-refractivity contribution in [2.24, 2.45) is 0 Å². The van der Waals surface area contributed by atoms with Gasteiger partial charge in [-0.3, -0.25) is 14.5 Å². The minimum Gasteiger partial charge on any atom is -0.392 e. The van der Waals surface area contributed by atoms with Gasteiger partial charge in [0.25, 0.3) is 11.8 Å². The van der Waals surface area contributed by atoms with Crippen molar-refractivity contribution in [1.82, 2.24) is 4.90 Å². The molecule has 0 radical (unpaired) electrons. The Morgan fingerprint density at radius 3 is 2.35 bits per heavy atom. The summed E-state index contributed by atoms with van der Waals surface area (Å²) in [6.45, 7) is -0.0159. The molecule has 1 aliphatic heterocycles. The summed E-state index contributed by atoms with van der Waals surface area (Å²) >= 11 is 0. The van der Waals surface area contributed by atoms with Crippen molar-refractivity contribution in [3.05, 3.63) is 70.3 Å². The third-order valence-electron chi connectivity index (χ3n) is 4.92. The number of carbonyl (C=O) groups excluding carboxylic acids is 2. The largest absolute Gasteiger partial charge is 0.392 e. The Hall–Kier alpha value is -2.46. The minimum atomic E-state index is -0.194. The lowest BCUT2D eigenvalue weighted by molar-refractivity contribution is 0.0570.